The lowest BCUT2D eigenvalue weighted by Gasteiger charge is -2.37. The van der Waals surface area contributed by atoms with Crippen molar-refractivity contribution < 1.29 is 9.18 Å². The lowest BCUT2D eigenvalue weighted by atomic mass is 10.2. The van der Waals surface area contributed by atoms with Gasteiger partial charge in [-0.25, -0.2) is 4.39 Å². The number of nitrogens with one attached hydrogen (secondary N) is 1. The van der Waals surface area contributed by atoms with E-state index in [-0.39, 0.29) is 17.8 Å². The van der Waals surface area contributed by atoms with Crippen LogP contribution in [0.4, 0.5) is 15.8 Å². The van der Waals surface area contributed by atoms with Crippen molar-refractivity contribution in [1.82, 2.24) is 4.90 Å². The van der Waals surface area contributed by atoms with Crippen molar-refractivity contribution in [2.45, 2.75) is 13.0 Å². The molecule has 4 nitrogen and oxygen atoms in total. The van der Waals surface area contributed by atoms with E-state index in [2.05, 4.69) is 10.2 Å². The first-order valence-electron chi connectivity index (χ1n) is 8.34. The zero-order valence-corrected chi connectivity index (χ0v) is 14.8. The van der Waals surface area contributed by atoms with E-state index in [0.29, 0.717) is 18.1 Å². The summed E-state index contributed by atoms with van der Waals surface area (Å²) in [6.45, 7) is 4.66. The molecule has 1 unspecified atom stereocenters. The molecule has 1 fully saturated rings. The van der Waals surface area contributed by atoms with Crippen LogP contribution in [0.25, 0.3) is 0 Å². The quantitative estimate of drug-likeness (QED) is 0.903. The standard InChI is InChI=1S/C19H21ClFN3O/c1-14(22-17-6-2-15(20)3-7-17)19(25)24-12-10-23(11-13-24)18-8-4-16(21)5-9-18/h2-9,14,22H,10-13H2,1H3. The number of piperazine rings is 1. The Kier molecular flexibility index (Phi) is 5.43. The summed E-state index contributed by atoms with van der Waals surface area (Å²) in [7, 11) is 0. The molecule has 2 aromatic carbocycles. The first kappa shape index (κ1) is 17.5. The van der Waals surface area contributed by atoms with E-state index in [1.807, 2.05) is 24.0 Å². The molecule has 3 rings (SSSR count). The Morgan fingerprint density at radius 2 is 1.64 bits per heavy atom. The smallest absolute Gasteiger partial charge is 0.244 e. The molecule has 1 amide bonds. The van der Waals surface area contributed by atoms with Crippen LogP contribution in [0.5, 0.6) is 0 Å². The number of nitrogens with zero attached hydrogens (tertiary/aromatic N) is 2. The second-order valence-corrected chi connectivity index (χ2v) is 6.60. The maximum absolute atomic E-state index is 13.0. The Labute approximate surface area is 152 Å². The highest BCUT2D eigenvalue weighted by Gasteiger charge is 2.25. The van der Waals surface area contributed by atoms with Gasteiger partial charge in [-0.2, -0.15) is 0 Å². The molecule has 1 heterocycles. The molecule has 1 aliphatic rings. The van der Waals surface area contributed by atoms with Crippen LogP contribution in [0.2, 0.25) is 5.02 Å². The molecule has 0 aromatic heterocycles. The summed E-state index contributed by atoms with van der Waals surface area (Å²) in [4.78, 5) is 16.7. The van der Waals surface area contributed by atoms with Gasteiger partial charge in [0.25, 0.3) is 0 Å². The van der Waals surface area contributed by atoms with E-state index in [1.54, 1.807) is 24.3 Å². The van der Waals surface area contributed by atoms with Crippen molar-refractivity contribution >= 4 is 28.9 Å². The van der Waals surface area contributed by atoms with Crippen LogP contribution in [-0.2, 0) is 4.79 Å². The summed E-state index contributed by atoms with van der Waals surface area (Å²) < 4.78 is 13.0. The van der Waals surface area contributed by atoms with Gasteiger partial charge in [-0.1, -0.05) is 11.6 Å². The fourth-order valence-electron chi connectivity index (χ4n) is 2.97. The predicted molar refractivity (Wildman–Crippen MR) is 99.7 cm³/mol. The number of amides is 1. The number of rotatable bonds is 4. The molecule has 2 aromatic rings. The second-order valence-electron chi connectivity index (χ2n) is 6.16. The van der Waals surface area contributed by atoms with Gasteiger partial charge < -0.3 is 15.1 Å². The molecule has 1 aliphatic heterocycles. The lowest BCUT2D eigenvalue weighted by Crippen LogP contribution is -2.52. The Bertz CT molecular complexity index is 712. The summed E-state index contributed by atoms with van der Waals surface area (Å²) in [5, 5.41) is 3.88. The normalized spacial score (nSPS) is 15.8. The molecule has 0 saturated carbocycles. The summed E-state index contributed by atoms with van der Waals surface area (Å²) in [5.41, 5.74) is 1.86. The number of anilines is 2. The molecule has 132 valence electrons. The molecule has 0 bridgehead atoms. The zero-order chi connectivity index (χ0) is 17.8. The third kappa shape index (κ3) is 4.42. The van der Waals surface area contributed by atoms with Gasteiger partial charge in [0, 0.05) is 42.6 Å². The van der Waals surface area contributed by atoms with Crippen LogP contribution in [0.1, 0.15) is 6.92 Å². The van der Waals surface area contributed by atoms with E-state index in [4.69, 9.17) is 11.6 Å². The topological polar surface area (TPSA) is 35.6 Å². The maximum Gasteiger partial charge on any atom is 0.244 e. The average molecular weight is 362 g/mol. The van der Waals surface area contributed by atoms with Gasteiger partial charge in [-0.15, -0.1) is 0 Å². The minimum Gasteiger partial charge on any atom is -0.374 e. The van der Waals surface area contributed by atoms with Crippen molar-refractivity contribution in [2.24, 2.45) is 0 Å². The Hall–Kier alpha value is -2.27. The van der Waals surface area contributed by atoms with E-state index in [0.717, 1.165) is 24.5 Å². The van der Waals surface area contributed by atoms with Crippen LogP contribution in [-0.4, -0.2) is 43.0 Å². The first-order chi connectivity index (χ1) is 12.0. The summed E-state index contributed by atoms with van der Waals surface area (Å²) in [6.07, 6.45) is 0. The van der Waals surface area contributed by atoms with Gasteiger partial charge in [0.2, 0.25) is 5.91 Å². The van der Waals surface area contributed by atoms with Crippen molar-refractivity contribution in [3.05, 3.63) is 59.4 Å². The number of hydrogen-bond donors (Lipinski definition) is 1. The van der Waals surface area contributed by atoms with Crippen molar-refractivity contribution in [2.75, 3.05) is 36.4 Å². The van der Waals surface area contributed by atoms with Crippen LogP contribution < -0.4 is 10.2 Å². The third-order valence-electron chi connectivity index (χ3n) is 4.38. The van der Waals surface area contributed by atoms with E-state index in [9.17, 15) is 9.18 Å². The Balaban J connectivity index is 1.53. The second kappa shape index (κ2) is 7.74. The number of carbonyl (C=O) groups is 1. The number of hydrogen-bond acceptors (Lipinski definition) is 3. The highest BCUT2D eigenvalue weighted by Crippen LogP contribution is 2.18. The fraction of sp³-hybridized carbons (Fsp3) is 0.316. The SMILES string of the molecule is CC(Nc1ccc(Cl)cc1)C(=O)N1CCN(c2ccc(F)cc2)CC1. The van der Waals surface area contributed by atoms with Crippen molar-refractivity contribution in [3.63, 3.8) is 0 Å². The van der Waals surface area contributed by atoms with Gasteiger partial charge in [-0.05, 0) is 55.5 Å². The molecular weight excluding hydrogens is 341 g/mol. The molecule has 1 atom stereocenters. The van der Waals surface area contributed by atoms with Gasteiger partial charge in [0.05, 0.1) is 0 Å². The molecule has 0 spiro atoms. The largest absolute Gasteiger partial charge is 0.374 e. The maximum atomic E-state index is 13.0. The Morgan fingerprint density at radius 1 is 1.04 bits per heavy atom. The molecule has 25 heavy (non-hydrogen) atoms. The van der Waals surface area contributed by atoms with E-state index < -0.39 is 0 Å². The third-order valence-corrected chi connectivity index (χ3v) is 4.63. The average Bonchev–Trinajstić information content (AvgIpc) is 2.64. The molecule has 6 heteroatoms. The van der Waals surface area contributed by atoms with E-state index >= 15 is 0 Å². The van der Waals surface area contributed by atoms with Gasteiger partial charge in [-0.3, -0.25) is 4.79 Å². The zero-order valence-electron chi connectivity index (χ0n) is 14.1. The Morgan fingerprint density at radius 3 is 2.24 bits per heavy atom. The minimum atomic E-state index is -0.307. The lowest BCUT2D eigenvalue weighted by molar-refractivity contribution is -0.131. The molecule has 0 radical (unpaired) electrons. The fourth-order valence-corrected chi connectivity index (χ4v) is 3.09. The predicted octanol–water partition coefficient (Wildman–Crippen LogP) is 3.63. The van der Waals surface area contributed by atoms with Crippen LogP contribution in [0, 0.1) is 5.82 Å². The van der Waals surface area contributed by atoms with E-state index in [1.165, 1.54) is 12.1 Å². The van der Waals surface area contributed by atoms with Crippen molar-refractivity contribution in [1.29, 1.82) is 0 Å². The minimum absolute atomic E-state index is 0.0775. The highest BCUT2D eigenvalue weighted by atomic mass is 35.5. The van der Waals surface area contributed by atoms with Crippen molar-refractivity contribution in [3.8, 4) is 0 Å². The summed E-state index contributed by atoms with van der Waals surface area (Å²) in [5.74, 6) is -0.159. The van der Waals surface area contributed by atoms with Gasteiger partial charge in [0.15, 0.2) is 0 Å². The number of carbonyl (C=O) groups excluding carboxylic acids is 1. The number of benzene rings is 2. The molecule has 0 aliphatic carbocycles. The molecule has 1 N–H and O–H groups in total. The molecule has 1 saturated heterocycles. The highest BCUT2D eigenvalue weighted by molar-refractivity contribution is 6.30. The monoisotopic (exact) mass is 361 g/mol. The van der Waals surface area contributed by atoms with Crippen LogP contribution in [0.15, 0.2) is 48.5 Å². The first-order valence-corrected chi connectivity index (χ1v) is 8.72. The van der Waals surface area contributed by atoms with Gasteiger partial charge >= 0.3 is 0 Å². The summed E-state index contributed by atoms with van der Waals surface area (Å²) >= 11 is 5.88. The van der Waals surface area contributed by atoms with Gasteiger partial charge in [0.1, 0.15) is 11.9 Å². The number of halogens is 2. The molecular formula is C19H21ClFN3O. The van der Waals surface area contributed by atoms with Crippen LogP contribution in [0.3, 0.4) is 0 Å². The van der Waals surface area contributed by atoms with Crippen LogP contribution >= 0.6 is 11.6 Å². The summed E-state index contributed by atoms with van der Waals surface area (Å²) in [6, 6.07) is 13.5.